The van der Waals surface area contributed by atoms with Crippen molar-refractivity contribution in [3.05, 3.63) is 0 Å². The molecule has 1 aliphatic rings. The van der Waals surface area contributed by atoms with E-state index in [4.69, 9.17) is 4.74 Å². The number of carbonyl (C=O) groups excluding carboxylic acids is 1. The second-order valence-corrected chi connectivity index (χ2v) is 5.16. The fraction of sp³-hybridized carbons (Fsp3) is 0.917. The first kappa shape index (κ1) is 14.4. The normalized spacial score (nSPS) is 20.0. The van der Waals surface area contributed by atoms with Crippen molar-refractivity contribution in [1.82, 2.24) is 15.5 Å². The topological polar surface area (TPSA) is 53.6 Å². The Morgan fingerprint density at radius 2 is 2.00 bits per heavy atom. The van der Waals surface area contributed by atoms with Gasteiger partial charge in [-0.2, -0.15) is 0 Å². The van der Waals surface area contributed by atoms with Gasteiger partial charge in [0, 0.05) is 25.7 Å². The first-order valence-electron chi connectivity index (χ1n) is 6.25. The van der Waals surface area contributed by atoms with Crippen LogP contribution in [0.2, 0.25) is 0 Å². The van der Waals surface area contributed by atoms with E-state index in [1.165, 1.54) is 0 Å². The standard InChI is InChI=1S/C12H25N3O2/c1-10(9-15-5-7-17-8-6-15)14-11(16)12(2,3)13-4/h10,13H,5-9H2,1-4H3,(H,14,16). The number of hydrogen-bond donors (Lipinski definition) is 2. The molecular formula is C12H25N3O2. The summed E-state index contributed by atoms with van der Waals surface area (Å²) in [4.78, 5) is 14.3. The fourth-order valence-corrected chi connectivity index (χ4v) is 1.73. The second-order valence-electron chi connectivity index (χ2n) is 5.16. The molecule has 1 saturated heterocycles. The summed E-state index contributed by atoms with van der Waals surface area (Å²) in [6, 6.07) is 0.160. The molecule has 5 nitrogen and oxygen atoms in total. The van der Waals surface area contributed by atoms with Gasteiger partial charge in [-0.1, -0.05) is 0 Å². The van der Waals surface area contributed by atoms with Crippen LogP contribution in [0.1, 0.15) is 20.8 Å². The second kappa shape index (κ2) is 6.33. The summed E-state index contributed by atoms with van der Waals surface area (Å²) in [5.74, 6) is 0.0424. The largest absolute Gasteiger partial charge is 0.379 e. The highest BCUT2D eigenvalue weighted by molar-refractivity contribution is 5.85. The van der Waals surface area contributed by atoms with Gasteiger partial charge >= 0.3 is 0 Å². The van der Waals surface area contributed by atoms with Crippen molar-refractivity contribution in [3.8, 4) is 0 Å². The van der Waals surface area contributed by atoms with E-state index in [2.05, 4.69) is 15.5 Å². The van der Waals surface area contributed by atoms with Crippen LogP contribution >= 0.6 is 0 Å². The molecule has 1 aliphatic heterocycles. The maximum absolute atomic E-state index is 11.9. The average molecular weight is 243 g/mol. The van der Waals surface area contributed by atoms with Crippen LogP contribution in [0, 0.1) is 0 Å². The van der Waals surface area contributed by atoms with Crippen LogP contribution < -0.4 is 10.6 Å². The van der Waals surface area contributed by atoms with Crippen LogP contribution in [0.25, 0.3) is 0 Å². The zero-order chi connectivity index (χ0) is 12.9. The minimum absolute atomic E-state index is 0.0424. The number of carbonyl (C=O) groups is 1. The molecule has 1 unspecified atom stereocenters. The molecule has 1 heterocycles. The van der Waals surface area contributed by atoms with E-state index < -0.39 is 5.54 Å². The molecule has 0 saturated carbocycles. The van der Waals surface area contributed by atoms with Gasteiger partial charge in [-0.15, -0.1) is 0 Å². The first-order valence-corrected chi connectivity index (χ1v) is 6.25. The van der Waals surface area contributed by atoms with Crippen molar-refractivity contribution in [2.24, 2.45) is 0 Å². The molecule has 0 aliphatic carbocycles. The van der Waals surface area contributed by atoms with Crippen molar-refractivity contribution >= 4 is 5.91 Å². The lowest BCUT2D eigenvalue weighted by atomic mass is 10.0. The Bertz CT molecular complexity index is 250. The highest BCUT2D eigenvalue weighted by atomic mass is 16.5. The summed E-state index contributed by atoms with van der Waals surface area (Å²) in [5.41, 5.74) is -0.515. The lowest BCUT2D eigenvalue weighted by Gasteiger charge is -2.31. The SMILES string of the molecule is CNC(C)(C)C(=O)NC(C)CN1CCOCC1. The molecule has 1 atom stereocenters. The Balaban J connectivity index is 2.33. The van der Waals surface area contributed by atoms with Crippen molar-refractivity contribution in [1.29, 1.82) is 0 Å². The lowest BCUT2D eigenvalue weighted by Crippen LogP contribution is -2.55. The van der Waals surface area contributed by atoms with Crippen molar-refractivity contribution in [3.63, 3.8) is 0 Å². The van der Waals surface area contributed by atoms with Crippen molar-refractivity contribution in [2.75, 3.05) is 39.9 Å². The number of ether oxygens (including phenoxy) is 1. The average Bonchev–Trinajstić information content (AvgIpc) is 2.30. The molecule has 1 fully saturated rings. The number of amides is 1. The fourth-order valence-electron chi connectivity index (χ4n) is 1.73. The van der Waals surface area contributed by atoms with Crippen LogP contribution in [0.5, 0.6) is 0 Å². The number of nitrogens with zero attached hydrogens (tertiary/aromatic N) is 1. The molecule has 0 aromatic rings. The first-order chi connectivity index (χ1) is 7.95. The Hall–Kier alpha value is -0.650. The van der Waals surface area contributed by atoms with Gasteiger partial charge in [-0.25, -0.2) is 0 Å². The quantitative estimate of drug-likeness (QED) is 0.703. The van der Waals surface area contributed by atoms with Crippen LogP contribution in [0.4, 0.5) is 0 Å². The highest BCUT2D eigenvalue weighted by Gasteiger charge is 2.26. The molecule has 1 rings (SSSR count). The molecule has 0 spiro atoms. The zero-order valence-electron chi connectivity index (χ0n) is 11.4. The molecule has 0 aromatic heterocycles. The third kappa shape index (κ3) is 4.61. The van der Waals surface area contributed by atoms with Crippen molar-refractivity contribution < 1.29 is 9.53 Å². The molecule has 0 aromatic carbocycles. The molecule has 0 bridgehead atoms. The minimum Gasteiger partial charge on any atom is -0.379 e. The highest BCUT2D eigenvalue weighted by Crippen LogP contribution is 2.03. The number of morpholine rings is 1. The van der Waals surface area contributed by atoms with E-state index in [-0.39, 0.29) is 11.9 Å². The minimum atomic E-state index is -0.515. The lowest BCUT2D eigenvalue weighted by molar-refractivity contribution is -0.127. The Morgan fingerprint density at radius 3 is 2.53 bits per heavy atom. The van der Waals surface area contributed by atoms with E-state index in [0.717, 1.165) is 32.8 Å². The Labute approximate surface area is 104 Å². The van der Waals surface area contributed by atoms with Crippen LogP contribution in [0.15, 0.2) is 0 Å². The summed E-state index contributed by atoms with van der Waals surface area (Å²) in [5, 5.41) is 6.04. The van der Waals surface area contributed by atoms with Gasteiger partial charge in [-0.3, -0.25) is 9.69 Å². The monoisotopic (exact) mass is 243 g/mol. The maximum atomic E-state index is 11.9. The summed E-state index contributed by atoms with van der Waals surface area (Å²) >= 11 is 0. The van der Waals surface area contributed by atoms with Crippen LogP contribution in [-0.4, -0.2) is 62.3 Å². The molecule has 17 heavy (non-hydrogen) atoms. The van der Waals surface area contributed by atoms with Crippen molar-refractivity contribution in [2.45, 2.75) is 32.4 Å². The number of hydrogen-bond acceptors (Lipinski definition) is 4. The smallest absolute Gasteiger partial charge is 0.239 e. The molecule has 2 N–H and O–H groups in total. The van der Waals surface area contributed by atoms with E-state index >= 15 is 0 Å². The van der Waals surface area contributed by atoms with Crippen LogP contribution in [0.3, 0.4) is 0 Å². The number of rotatable bonds is 5. The van der Waals surface area contributed by atoms with Gasteiger partial charge in [0.2, 0.25) is 5.91 Å². The molecular weight excluding hydrogens is 218 g/mol. The van der Waals surface area contributed by atoms with Gasteiger partial charge < -0.3 is 15.4 Å². The zero-order valence-corrected chi connectivity index (χ0v) is 11.4. The molecule has 5 heteroatoms. The molecule has 0 radical (unpaired) electrons. The van der Waals surface area contributed by atoms with E-state index in [9.17, 15) is 4.79 Å². The van der Waals surface area contributed by atoms with Gasteiger partial charge in [0.25, 0.3) is 0 Å². The van der Waals surface area contributed by atoms with Crippen LogP contribution in [-0.2, 0) is 9.53 Å². The number of nitrogens with one attached hydrogen (secondary N) is 2. The van der Waals surface area contributed by atoms with Gasteiger partial charge in [0.1, 0.15) is 0 Å². The predicted molar refractivity (Wildman–Crippen MR) is 68.0 cm³/mol. The van der Waals surface area contributed by atoms with E-state index in [1.54, 1.807) is 7.05 Å². The van der Waals surface area contributed by atoms with E-state index in [0.29, 0.717) is 0 Å². The number of likely N-dealkylation sites (N-methyl/N-ethyl adjacent to an activating group) is 1. The van der Waals surface area contributed by atoms with E-state index in [1.807, 2.05) is 20.8 Å². The van der Waals surface area contributed by atoms with Gasteiger partial charge in [-0.05, 0) is 27.8 Å². The third-order valence-corrected chi connectivity index (χ3v) is 3.21. The Kier molecular flexibility index (Phi) is 5.36. The summed E-state index contributed by atoms with van der Waals surface area (Å²) in [6.45, 7) is 10.2. The summed E-state index contributed by atoms with van der Waals surface area (Å²) < 4.78 is 5.30. The third-order valence-electron chi connectivity index (χ3n) is 3.21. The molecule has 1 amide bonds. The molecule has 100 valence electrons. The predicted octanol–water partition coefficient (Wildman–Crippen LogP) is -0.179. The van der Waals surface area contributed by atoms with Gasteiger partial charge in [0.15, 0.2) is 0 Å². The van der Waals surface area contributed by atoms with Gasteiger partial charge in [0.05, 0.1) is 18.8 Å². The maximum Gasteiger partial charge on any atom is 0.239 e. The Morgan fingerprint density at radius 1 is 1.41 bits per heavy atom. The summed E-state index contributed by atoms with van der Waals surface area (Å²) in [7, 11) is 1.80. The summed E-state index contributed by atoms with van der Waals surface area (Å²) in [6.07, 6.45) is 0.